The zero-order valence-corrected chi connectivity index (χ0v) is 13.8. The number of nitrogens with zero attached hydrogens (tertiary/aromatic N) is 1. The minimum absolute atomic E-state index is 0.0175. The smallest absolute Gasteiger partial charge is 0.239 e. The van der Waals surface area contributed by atoms with Crippen LogP contribution in [0.25, 0.3) is 0 Å². The number of ether oxygens (including phenoxy) is 1. The molecule has 0 aliphatic rings. The van der Waals surface area contributed by atoms with Gasteiger partial charge in [0, 0.05) is 21.2 Å². The molecule has 4 nitrogen and oxygen atoms in total. The third-order valence-electron chi connectivity index (χ3n) is 3.38. The highest BCUT2D eigenvalue weighted by atomic mass is 16.5. The van der Waals surface area contributed by atoms with E-state index in [0.29, 0.717) is 12.5 Å². The lowest BCUT2D eigenvalue weighted by Crippen LogP contribution is -2.46. The van der Waals surface area contributed by atoms with Crippen molar-refractivity contribution in [1.29, 1.82) is 0 Å². The molecule has 118 valence electrons. The first-order valence-electron chi connectivity index (χ1n) is 7.46. The lowest BCUT2D eigenvalue weighted by atomic mass is 10.00. The second kappa shape index (κ2) is 8.80. The zero-order valence-electron chi connectivity index (χ0n) is 13.8. The molecule has 0 fully saturated rings. The van der Waals surface area contributed by atoms with Crippen molar-refractivity contribution >= 4 is 5.91 Å². The molecular formula is C17H28N2O2. The summed E-state index contributed by atoms with van der Waals surface area (Å²) in [5.74, 6) is 0.561. The quantitative estimate of drug-likeness (QED) is 0.800. The molecule has 2 unspecified atom stereocenters. The van der Waals surface area contributed by atoms with Crippen molar-refractivity contribution in [1.82, 2.24) is 10.2 Å². The standard InChI is InChI=1S/C17H28N2O2/c1-13(2)11-15(17(20)19(3)4)18-16(12-21-5)14-9-7-6-8-10-14/h6-10,13,15-16,18H,11-12H2,1-5H3. The Hall–Kier alpha value is -1.39. The summed E-state index contributed by atoms with van der Waals surface area (Å²) in [5.41, 5.74) is 1.14. The van der Waals surface area contributed by atoms with E-state index in [2.05, 4.69) is 31.3 Å². The predicted octanol–water partition coefficient (Wildman–Crippen LogP) is 2.47. The van der Waals surface area contributed by atoms with Crippen molar-refractivity contribution < 1.29 is 9.53 Å². The number of nitrogens with one attached hydrogen (secondary N) is 1. The monoisotopic (exact) mass is 292 g/mol. The number of methoxy groups -OCH3 is 1. The van der Waals surface area contributed by atoms with Crippen LogP contribution in [-0.4, -0.2) is 44.7 Å². The van der Waals surface area contributed by atoms with Gasteiger partial charge in [-0.25, -0.2) is 0 Å². The molecule has 2 atom stereocenters. The summed E-state index contributed by atoms with van der Waals surface area (Å²) >= 11 is 0. The molecule has 1 aromatic carbocycles. The topological polar surface area (TPSA) is 41.6 Å². The maximum absolute atomic E-state index is 12.4. The molecule has 1 aromatic rings. The molecule has 1 rings (SSSR count). The van der Waals surface area contributed by atoms with Gasteiger partial charge in [0.1, 0.15) is 0 Å². The normalized spacial score (nSPS) is 14.0. The molecule has 4 heteroatoms. The Morgan fingerprint density at radius 1 is 1.24 bits per heavy atom. The summed E-state index contributed by atoms with van der Waals surface area (Å²) in [7, 11) is 5.28. The lowest BCUT2D eigenvalue weighted by molar-refractivity contribution is -0.131. The molecule has 1 N–H and O–H groups in total. The van der Waals surface area contributed by atoms with E-state index in [1.54, 1.807) is 26.1 Å². The highest BCUT2D eigenvalue weighted by Crippen LogP contribution is 2.17. The van der Waals surface area contributed by atoms with E-state index in [-0.39, 0.29) is 18.0 Å². The van der Waals surface area contributed by atoms with Gasteiger partial charge in [0.25, 0.3) is 0 Å². The Balaban J connectivity index is 2.88. The Kier molecular flexibility index (Phi) is 7.40. The summed E-state index contributed by atoms with van der Waals surface area (Å²) in [6.45, 7) is 4.80. The number of hydrogen-bond acceptors (Lipinski definition) is 3. The summed E-state index contributed by atoms with van der Waals surface area (Å²) in [6, 6.07) is 9.94. The van der Waals surface area contributed by atoms with Gasteiger partial charge in [-0.15, -0.1) is 0 Å². The summed E-state index contributed by atoms with van der Waals surface area (Å²) in [4.78, 5) is 14.0. The van der Waals surface area contributed by atoms with Gasteiger partial charge in [0.2, 0.25) is 5.91 Å². The van der Waals surface area contributed by atoms with Crippen LogP contribution >= 0.6 is 0 Å². The summed E-state index contributed by atoms with van der Waals surface area (Å²) in [6.07, 6.45) is 0.810. The molecule has 0 aliphatic heterocycles. The van der Waals surface area contributed by atoms with E-state index in [4.69, 9.17) is 4.74 Å². The van der Waals surface area contributed by atoms with Gasteiger partial charge in [0.05, 0.1) is 18.7 Å². The first kappa shape index (κ1) is 17.7. The third kappa shape index (κ3) is 5.86. The van der Waals surface area contributed by atoms with Gasteiger partial charge in [0.15, 0.2) is 0 Å². The van der Waals surface area contributed by atoms with Gasteiger partial charge in [-0.05, 0) is 17.9 Å². The van der Waals surface area contributed by atoms with E-state index in [9.17, 15) is 4.79 Å². The van der Waals surface area contributed by atoms with E-state index in [1.807, 2.05) is 18.2 Å². The third-order valence-corrected chi connectivity index (χ3v) is 3.38. The first-order chi connectivity index (χ1) is 9.95. The molecule has 0 saturated carbocycles. The van der Waals surface area contributed by atoms with Crippen molar-refractivity contribution in [2.45, 2.75) is 32.4 Å². The van der Waals surface area contributed by atoms with Crippen molar-refractivity contribution in [2.75, 3.05) is 27.8 Å². The number of rotatable bonds is 8. The largest absolute Gasteiger partial charge is 0.383 e. The van der Waals surface area contributed by atoms with Crippen LogP contribution < -0.4 is 5.32 Å². The van der Waals surface area contributed by atoms with Crippen LogP contribution in [0.5, 0.6) is 0 Å². The summed E-state index contributed by atoms with van der Waals surface area (Å²) in [5, 5.41) is 3.47. The summed E-state index contributed by atoms with van der Waals surface area (Å²) < 4.78 is 5.32. The Morgan fingerprint density at radius 2 is 1.86 bits per heavy atom. The number of carbonyl (C=O) groups is 1. The van der Waals surface area contributed by atoms with Gasteiger partial charge in [-0.2, -0.15) is 0 Å². The van der Waals surface area contributed by atoms with Gasteiger partial charge < -0.3 is 9.64 Å². The van der Waals surface area contributed by atoms with Gasteiger partial charge in [-0.3, -0.25) is 10.1 Å². The van der Waals surface area contributed by atoms with Crippen LogP contribution in [0.15, 0.2) is 30.3 Å². The Morgan fingerprint density at radius 3 is 2.33 bits per heavy atom. The Bertz CT molecular complexity index is 418. The van der Waals surface area contributed by atoms with E-state index < -0.39 is 0 Å². The molecule has 1 amide bonds. The molecule has 0 spiro atoms. The van der Waals surface area contributed by atoms with Crippen LogP contribution in [-0.2, 0) is 9.53 Å². The average Bonchev–Trinajstić information content (AvgIpc) is 2.45. The van der Waals surface area contributed by atoms with Gasteiger partial charge in [-0.1, -0.05) is 44.2 Å². The second-order valence-electron chi connectivity index (χ2n) is 6.00. The molecule has 0 aromatic heterocycles. The molecule has 21 heavy (non-hydrogen) atoms. The fourth-order valence-corrected chi connectivity index (χ4v) is 2.36. The molecule has 0 heterocycles. The lowest BCUT2D eigenvalue weighted by Gasteiger charge is -2.28. The Labute approximate surface area is 128 Å². The zero-order chi connectivity index (χ0) is 15.8. The van der Waals surface area contributed by atoms with Crippen molar-refractivity contribution in [3.63, 3.8) is 0 Å². The minimum atomic E-state index is -0.194. The first-order valence-corrected chi connectivity index (χ1v) is 7.46. The SMILES string of the molecule is COCC(NC(CC(C)C)C(=O)N(C)C)c1ccccc1. The number of amides is 1. The number of benzene rings is 1. The van der Waals surface area contributed by atoms with Gasteiger partial charge >= 0.3 is 0 Å². The molecule has 0 saturated heterocycles. The fraction of sp³-hybridized carbons (Fsp3) is 0.588. The predicted molar refractivity (Wildman–Crippen MR) is 86.1 cm³/mol. The van der Waals surface area contributed by atoms with Crippen molar-refractivity contribution in [3.05, 3.63) is 35.9 Å². The molecular weight excluding hydrogens is 264 g/mol. The van der Waals surface area contributed by atoms with Crippen LogP contribution in [0.3, 0.4) is 0 Å². The van der Waals surface area contributed by atoms with Crippen LogP contribution in [0.2, 0.25) is 0 Å². The van der Waals surface area contributed by atoms with E-state index in [1.165, 1.54) is 0 Å². The highest BCUT2D eigenvalue weighted by molar-refractivity contribution is 5.81. The maximum Gasteiger partial charge on any atom is 0.239 e. The maximum atomic E-state index is 12.4. The molecule has 0 aliphatic carbocycles. The number of likely N-dealkylation sites (N-methyl/N-ethyl adjacent to an activating group) is 1. The van der Waals surface area contributed by atoms with Crippen LogP contribution in [0, 0.1) is 5.92 Å². The van der Waals surface area contributed by atoms with Crippen molar-refractivity contribution in [3.8, 4) is 0 Å². The fourth-order valence-electron chi connectivity index (χ4n) is 2.36. The van der Waals surface area contributed by atoms with Crippen molar-refractivity contribution in [2.24, 2.45) is 5.92 Å². The molecule has 0 radical (unpaired) electrons. The van der Waals surface area contributed by atoms with Crippen LogP contribution in [0.4, 0.5) is 0 Å². The number of carbonyl (C=O) groups excluding carboxylic acids is 1. The number of hydrogen-bond donors (Lipinski definition) is 1. The van der Waals surface area contributed by atoms with Crippen LogP contribution in [0.1, 0.15) is 31.9 Å². The van der Waals surface area contributed by atoms with E-state index >= 15 is 0 Å². The minimum Gasteiger partial charge on any atom is -0.383 e. The molecule has 0 bridgehead atoms. The highest BCUT2D eigenvalue weighted by Gasteiger charge is 2.25. The van der Waals surface area contributed by atoms with E-state index in [0.717, 1.165) is 12.0 Å². The average molecular weight is 292 g/mol. The second-order valence-corrected chi connectivity index (χ2v) is 6.00.